The standard InChI is InChI=1S/C14H23N3O4S/c1-10(2)17-22(19,20)13-9-11(5-6-12(13)21-3)14(18)16-8-4-7-15/h5-6,9-10,17H,4,7-8,15H2,1-3H3,(H,16,18). The van der Waals surface area contributed by atoms with Gasteiger partial charge in [0.05, 0.1) is 7.11 Å². The number of ether oxygens (including phenoxy) is 1. The van der Waals surface area contributed by atoms with E-state index in [0.29, 0.717) is 19.5 Å². The summed E-state index contributed by atoms with van der Waals surface area (Å²) >= 11 is 0. The van der Waals surface area contributed by atoms with Crippen LogP contribution in [0.1, 0.15) is 30.6 Å². The average molecular weight is 329 g/mol. The second-order valence-electron chi connectivity index (χ2n) is 5.04. The van der Waals surface area contributed by atoms with Crippen LogP contribution >= 0.6 is 0 Å². The number of carbonyl (C=O) groups is 1. The molecule has 22 heavy (non-hydrogen) atoms. The number of nitrogens with two attached hydrogens (primary N) is 1. The zero-order valence-electron chi connectivity index (χ0n) is 13.0. The molecule has 0 saturated heterocycles. The molecule has 124 valence electrons. The van der Waals surface area contributed by atoms with Crippen molar-refractivity contribution in [2.45, 2.75) is 31.2 Å². The van der Waals surface area contributed by atoms with E-state index in [2.05, 4.69) is 10.0 Å². The van der Waals surface area contributed by atoms with Crippen molar-refractivity contribution in [2.75, 3.05) is 20.2 Å². The fourth-order valence-corrected chi connectivity index (χ4v) is 3.25. The van der Waals surface area contributed by atoms with Crippen LogP contribution in [0.25, 0.3) is 0 Å². The Morgan fingerprint density at radius 2 is 2.05 bits per heavy atom. The quantitative estimate of drug-likeness (QED) is 0.600. The highest BCUT2D eigenvalue weighted by molar-refractivity contribution is 7.89. The lowest BCUT2D eigenvalue weighted by Gasteiger charge is -2.14. The SMILES string of the molecule is COc1ccc(C(=O)NCCCN)cc1S(=O)(=O)NC(C)C. The summed E-state index contributed by atoms with van der Waals surface area (Å²) in [6.07, 6.45) is 0.655. The molecule has 1 amide bonds. The van der Waals surface area contributed by atoms with Crippen molar-refractivity contribution < 1.29 is 17.9 Å². The second-order valence-corrected chi connectivity index (χ2v) is 6.72. The predicted molar refractivity (Wildman–Crippen MR) is 84.5 cm³/mol. The maximum Gasteiger partial charge on any atom is 0.251 e. The van der Waals surface area contributed by atoms with Crippen LogP contribution in [0.3, 0.4) is 0 Å². The van der Waals surface area contributed by atoms with E-state index in [4.69, 9.17) is 10.5 Å². The summed E-state index contributed by atoms with van der Waals surface area (Å²) in [4.78, 5) is 12.0. The van der Waals surface area contributed by atoms with Crippen molar-refractivity contribution in [1.29, 1.82) is 0 Å². The number of methoxy groups -OCH3 is 1. The molecule has 0 radical (unpaired) electrons. The molecule has 0 atom stereocenters. The molecule has 1 aromatic rings. The number of rotatable bonds is 8. The lowest BCUT2D eigenvalue weighted by atomic mass is 10.2. The summed E-state index contributed by atoms with van der Waals surface area (Å²) in [6, 6.07) is 4.02. The fourth-order valence-electron chi connectivity index (χ4n) is 1.81. The van der Waals surface area contributed by atoms with Gasteiger partial charge in [0, 0.05) is 18.2 Å². The molecule has 0 aliphatic heterocycles. The van der Waals surface area contributed by atoms with Crippen molar-refractivity contribution in [1.82, 2.24) is 10.0 Å². The maximum absolute atomic E-state index is 12.3. The zero-order chi connectivity index (χ0) is 16.8. The molecule has 0 fully saturated rings. The minimum atomic E-state index is -3.76. The zero-order valence-corrected chi connectivity index (χ0v) is 13.9. The lowest BCUT2D eigenvalue weighted by molar-refractivity contribution is 0.0953. The number of nitrogens with one attached hydrogen (secondary N) is 2. The Labute approximate surface area is 131 Å². The summed E-state index contributed by atoms with van der Waals surface area (Å²) in [5.41, 5.74) is 5.62. The molecule has 0 spiro atoms. The monoisotopic (exact) mass is 329 g/mol. The third kappa shape index (κ3) is 4.97. The van der Waals surface area contributed by atoms with Crippen molar-refractivity contribution in [3.63, 3.8) is 0 Å². The van der Waals surface area contributed by atoms with E-state index < -0.39 is 10.0 Å². The Morgan fingerprint density at radius 3 is 2.59 bits per heavy atom. The third-order valence-corrected chi connectivity index (χ3v) is 4.45. The fraction of sp³-hybridized carbons (Fsp3) is 0.500. The molecule has 0 unspecified atom stereocenters. The summed E-state index contributed by atoms with van der Waals surface area (Å²) in [7, 11) is -2.38. The highest BCUT2D eigenvalue weighted by Crippen LogP contribution is 2.25. The van der Waals surface area contributed by atoms with Gasteiger partial charge in [-0.25, -0.2) is 13.1 Å². The molecule has 0 saturated carbocycles. The first-order valence-electron chi connectivity index (χ1n) is 7.00. The number of sulfonamides is 1. The Bertz CT molecular complexity index is 615. The molecule has 1 aromatic carbocycles. The molecular weight excluding hydrogens is 306 g/mol. The van der Waals surface area contributed by atoms with Gasteiger partial charge in [-0.3, -0.25) is 4.79 Å². The van der Waals surface area contributed by atoms with Crippen LogP contribution < -0.4 is 20.5 Å². The van der Waals surface area contributed by atoms with Gasteiger partial charge in [-0.15, -0.1) is 0 Å². The topological polar surface area (TPSA) is 111 Å². The van der Waals surface area contributed by atoms with E-state index in [9.17, 15) is 13.2 Å². The number of amides is 1. The van der Waals surface area contributed by atoms with Crippen LogP contribution in [0, 0.1) is 0 Å². The first kappa shape index (κ1) is 18.4. The molecule has 7 nitrogen and oxygen atoms in total. The van der Waals surface area contributed by atoms with Gasteiger partial charge in [-0.2, -0.15) is 0 Å². The van der Waals surface area contributed by atoms with Gasteiger partial charge in [0.1, 0.15) is 10.6 Å². The first-order chi connectivity index (χ1) is 10.3. The molecular formula is C14H23N3O4S. The van der Waals surface area contributed by atoms with Crippen LogP contribution in [0.15, 0.2) is 23.1 Å². The average Bonchev–Trinajstić information content (AvgIpc) is 2.45. The third-order valence-electron chi connectivity index (χ3n) is 2.77. The first-order valence-corrected chi connectivity index (χ1v) is 8.48. The molecule has 8 heteroatoms. The van der Waals surface area contributed by atoms with Gasteiger partial charge in [0.25, 0.3) is 5.91 Å². The number of hydrogen-bond acceptors (Lipinski definition) is 5. The van der Waals surface area contributed by atoms with Crippen LogP contribution in [0.2, 0.25) is 0 Å². The Kier molecular flexibility index (Phi) is 6.79. The van der Waals surface area contributed by atoms with Crippen molar-refractivity contribution in [3.8, 4) is 5.75 Å². The van der Waals surface area contributed by atoms with E-state index in [-0.39, 0.29) is 28.2 Å². The summed E-state index contributed by atoms with van der Waals surface area (Å²) in [5, 5.41) is 2.68. The number of benzene rings is 1. The largest absolute Gasteiger partial charge is 0.495 e. The van der Waals surface area contributed by atoms with Gasteiger partial charge in [-0.05, 0) is 45.0 Å². The molecule has 0 aliphatic rings. The van der Waals surface area contributed by atoms with Crippen LogP contribution in [-0.4, -0.2) is 40.6 Å². The van der Waals surface area contributed by atoms with E-state index in [1.54, 1.807) is 13.8 Å². The second kappa shape index (κ2) is 8.11. The lowest BCUT2D eigenvalue weighted by Crippen LogP contribution is -2.31. The van der Waals surface area contributed by atoms with Crippen molar-refractivity contribution >= 4 is 15.9 Å². The maximum atomic E-state index is 12.3. The summed E-state index contributed by atoms with van der Waals surface area (Å²) in [5.74, 6) is -0.163. The van der Waals surface area contributed by atoms with Gasteiger partial charge in [0.2, 0.25) is 10.0 Å². The van der Waals surface area contributed by atoms with Gasteiger partial charge < -0.3 is 15.8 Å². The normalized spacial score (nSPS) is 11.5. The highest BCUT2D eigenvalue weighted by Gasteiger charge is 2.22. The number of carbonyl (C=O) groups excluding carboxylic acids is 1. The Morgan fingerprint density at radius 1 is 1.36 bits per heavy atom. The van der Waals surface area contributed by atoms with Crippen LogP contribution in [0.4, 0.5) is 0 Å². The van der Waals surface area contributed by atoms with E-state index in [1.165, 1.54) is 25.3 Å². The minimum Gasteiger partial charge on any atom is -0.495 e. The smallest absolute Gasteiger partial charge is 0.251 e. The van der Waals surface area contributed by atoms with E-state index >= 15 is 0 Å². The van der Waals surface area contributed by atoms with Gasteiger partial charge in [-0.1, -0.05) is 0 Å². The van der Waals surface area contributed by atoms with Crippen molar-refractivity contribution in [2.24, 2.45) is 5.73 Å². The predicted octanol–water partition coefficient (Wildman–Crippen LogP) is 0.461. The van der Waals surface area contributed by atoms with Crippen molar-refractivity contribution in [3.05, 3.63) is 23.8 Å². The summed E-state index contributed by atoms with van der Waals surface area (Å²) in [6.45, 7) is 4.34. The molecule has 1 rings (SSSR count). The highest BCUT2D eigenvalue weighted by atomic mass is 32.2. The molecule has 0 heterocycles. The molecule has 0 bridgehead atoms. The van der Waals surface area contributed by atoms with Crippen LogP contribution in [0.5, 0.6) is 5.75 Å². The molecule has 0 aromatic heterocycles. The van der Waals surface area contributed by atoms with E-state index in [0.717, 1.165) is 0 Å². The Balaban J connectivity index is 3.11. The van der Waals surface area contributed by atoms with Crippen LogP contribution in [-0.2, 0) is 10.0 Å². The number of hydrogen-bond donors (Lipinski definition) is 3. The minimum absolute atomic E-state index is 0.0600. The van der Waals surface area contributed by atoms with E-state index in [1.807, 2.05) is 0 Å². The van der Waals surface area contributed by atoms with Gasteiger partial charge >= 0.3 is 0 Å². The molecule has 4 N–H and O–H groups in total. The molecule has 0 aliphatic carbocycles. The van der Waals surface area contributed by atoms with Gasteiger partial charge in [0.15, 0.2) is 0 Å². The summed E-state index contributed by atoms with van der Waals surface area (Å²) < 4.78 is 32.2. The Hall–Kier alpha value is -1.64.